The Balaban J connectivity index is 1.63. The van der Waals surface area contributed by atoms with E-state index < -0.39 is 0 Å². The molecule has 2 aromatic rings. The minimum atomic E-state index is -0.209. The molecule has 1 aliphatic heterocycles. The van der Waals surface area contributed by atoms with Gasteiger partial charge in [-0.1, -0.05) is 46.1 Å². The maximum absolute atomic E-state index is 12.7. The van der Waals surface area contributed by atoms with Crippen LogP contribution in [0.3, 0.4) is 0 Å². The minimum Gasteiger partial charge on any atom is -0.352 e. The lowest BCUT2D eigenvalue weighted by atomic mass is 9.92. The number of fused-ring (bicyclic) bond motifs is 1. The summed E-state index contributed by atoms with van der Waals surface area (Å²) in [4.78, 5) is 25.0. The van der Waals surface area contributed by atoms with E-state index in [1.807, 2.05) is 24.3 Å². The van der Waals surface area contributed by atoms with Gasteiger partial charge in [0, 0.05) is 29.6 Å². The third-order valence-electron chi connectivity index (χ3n) is 5.92. The maximum Gasteiger partial charge on any atom is 0.320 e. The van der Waals surface area contributed by atoms with Crippen LogP contribution in [0, 0.1) is 0 Å². The van der Waals surface area contributed by atoms with Crippen molar-refractivity contribution in [3.8, 4) is 5.69 Å². The number of aromatic nitrogens is 2. The van der Waals surface area contributed by atoms with E-state index in [1.165, 1.54) is 6.42 Å². The van der Waals surface area contributed by atoms with Crippen LogP contribution in [0.1, 0.15) is 74.5 Å². The zero-order chi connectivity index (χ0) is 21.3. The highest BCUT2D eigenvalue weighted by atomic mass is 16.2. The van der Waals surface area contributed by atoms with Crippen LogP contribution in [0.5, 0.6) is 0 Å². The lowest BCUT2D eigenvalue weighted by molar-refractivity contribution is 0.0946. The minimum absolute atomic E-state index is 0.0640. The normalized spacial score (nSPS) is 17.2. The molecule has 4 rings (SSSR count). The molecule has 160 valence electrons. The number of rotatable bonds is 3. The average molecular weight is 410 g/mol. The zero-order valence-electron chi connectivity index (χ0n) is 18.0. The molecule has 3 N–H and O–H groups in total. The molecule has 2 aliphatic rings. The zero-order valence-corrected chi connectivity index (χ0v) is 18.0. The Labute approximate surface area is 177 Å². The summed E-state index contributed by atoms with van der Waals surface area (Å²) in [7, 11) is 0. The van der Waals surface area contributed by atoms with Crippen LogP contribution in [0.4, 0.5) is 10.6 Å². The van der Waals surface area contributed by atoms with E-state index >= 15 is 0 Å². The van der Waals surface area contributed by atoms with Gasteiger partial charge in [-0.15, -0.1) is 0 Å². The van der Waals surface area contributed by atoms with Gasteiger partial charge in [0.1, 0.15) is 5.82 Å². The fraction of sp³-hybridized carbons (Fsp3) is 0.522. The number of benzene rings is 1. The third kappa shape index (κ3) is 4.35. The van der Waals surface area contributed by atoms with Crippen LogP contribution < -0.4 is 16.0 Å². The van der Waals surface area contributed by atoms with Crippen LogP contribution in [-0.4, -0.2) is 34.3 Å². The van der Waals surface area contributed by atoms with Crippen molar-refractivity contribution in [1.82, 2.24) is 20.4 Å². The summed E-state index contributed by atoms with van der Waals surface area (Å²) in [5.41, 5.74) is 3.17. The molecule has 30 heavy (non-hydrogen) atoms. The molecule has 1 saturated carbocycles. The summed E-state index contributed by atoms with van der Waals surface area (Å²) < 4.78 is 1.73. The standard InChI is InChI=1S/C23H31N5O2/c1-23(2,3)19-14-20(26-22(30)25-16-7-5-4-6-8-16)28(27-19)17-10-9-15-11-12-24-21(29)18(15)13-17/h9-10,13-14,16H,4-8,11-12H2,1-3H3,(H,24,29)(H2,25,26,30). The molecule has 1 aromatic carbocycles. The van der Waals surface area contributed by atoms with Gasteiger partial charge in [0.25, 0.3) is 5.91 Å². The molecule has 0 bridgehead atoms. The van der Waals surface area contributed by atoms with Crippen LogP contribution in [0.2, 0.25) is 0 Å². The van der Waals surface area contributed by atoms with E-state index in [9.17, 15) is 9.59 Å². The van der Waals surface area contributed by atoms with Crippen molar-refractivity contribution in [1.29, 1.82) is 0 Å². The van der Waals surface area contributed by atoms with Crippen LogP contribution in [0.15, 0.2) is 24.3 Å². The number of hydrogen-bond acceptors (Lipinski definition) is 3. The highest BCUT2D eigenvalue weighted by Crippen LogP contribution is 2.28. The van der Waals surface area contributed by atoms with Gasteiger partial charge in [-0.25, -0.2) is 9.48 Å². The van der Waals surface area contributed by atoms with Crippen molar-refractivity contribution in [3.05, 3.63) is 41.1 Å². The van der Waals surface area contributed by atoms with Crippen LogP contribution >= 0.6 is 0 Å². The van der Waals surface area contributed by atoms with Crippen molar-refractivity contribution in [3.63, 3.8) is 0 Å². The summed E-state index contributed by atoms with van der Waals surface area (Å²) in [6.07, 6.45) is 6.44. The summed E-state index contributed by atoms with van der Waals surface area (Å²) in [5.74, 6) is 0.537. The Kier molecular flexibility index (Phi) is 5.54. The first-order valence-electron chi connectivity index (χ1n) is 10.9. The molecule has 3 amide bonds. The molecule has 0 radical (unpaired) electrons. The summed E-state index contributed by atoms with van der Waals surface area (Å²) in [6.45, 7) is 6.93. The number of carbonyl (C=O) groups excluding carboxylic acids is 2. The summed E-state index contributed by atoms with van der Waals surface area (Å²) in [5, 5.41) is 13.7. The van der Waals surface area contributed by atoms with Gasteiger partial charge in [-0.3, -0.25) is 10.1 Å². The second-order valence-electron chi connectivity index (χ2n) is 9.36. The molecule has 7 nitrogen and oxygen atoms in total. The van der Waals surface area contributed by atoms with Crippen LogP contribution in [-0.2, 0) is 11.8 Å². The summed E-state index contributed by atoms with van der Waals surface area (Å²) in [6, 6.07) is 7.73. The lowest BCUT2D eigenvalue weighted by Gasteiger charge is -2.23. The smallest absolute Gasteiger partial charge is 0.320 e. The molecule has 7 heteroatoms. The Bertz CT molecular complexity index is 951. The number of urea groups is 1. The molecule has 0 atom stereocenters. The number of carbonyl (C=O) groups is 2. The lowest BCUT2D eigenvalue weighted by Crippen LogP contribution is -2.39. The Hall–Kier alpha value is -2.83. The van der Waals surface area contributed by atoms with Gasteiger partial charge in [-0.05, 0) is 37.0 Å². The Morgan fingerprint density at radius 1 is 1.17 bits per heavy atom. The number of anilines is 1. The number of nitrogens with one attached hydrogen (secondary N) is 3. The van der Waals surface area contributed by atoms with Crippen molar-refractivity contribution in [2.75, 3.05) is 11.9 Å². The molecule has 1 aromatic heterocycles. The predicted molar refractivity (Wildman–Crippen MR) is 117 cm³/mol. The van der Waals surface area contributed by atoms with E-state index in [4.69, 9.17) is 5.10 Å². The first-order valence-corrected chi connectivity index (χ1v) is 10.9. The monoisotopic (exact) mass is 409 g/mol. The fourth-order valence-corrected chi connectivity index (χ4v) is 4.15. The average Bonchev–Trinajstić information content (AvgIpc) is 3.13. The summed E-state index contributed by atoms with van der Waals surface area (Å²) >= 11 is 0. The molecule has 1 aliphatic carbocycles. The highest BCUT2D eigenvalue weighted by molar-refractivity contribution is 5.97. The molecular formula is C23H31N5O2. The van der Waals surface area contributed by atoms with E-state index in [1.54, 1.807) is 4.68 Å². The predicted octanol–water partition coefficient (Wildman–Crippen LogP) is 3.91. The van der Waals surface area contributed by atoms with Gasteiger partial charge in [0.05, 0.1) is 11.4 Å². The van der Waals surface area contributed by atoms with E-state index in [0.29, 0.717) is 17.9 Å². The highest BCUT2D eigenvalue weighted by Gasteiger charge is 2.24. The van der Waals surface area contributed by atoms with Crippen molar-refractivity contribution in [2.45, 2.75) is 70.8 Å². The van der Waals surface area contributed by atoms with E-state index in [2.05, 4.69) is 36.7 Å². The van der Waals surface area contributed by atoms with Gasteiger partial charge in [-0.2, -0.15) is 5.10 Å². The van der Waals surface area contributed by atoms with Crippen LogP contribution in [0.25, 0.3) is 5.69 Å². The SMILES string of the molecule is CC(C)(C)c1cc(NC(=O)NC2CCCCC2)n(-c2ccc3c(c2)C(=O)NCC3)n1. The third-order valence-corrected chi connectivity index (χ3v) is 5.92. The maximum atomic E-state index is 12.7. The first-order chi connectivity index (χ1) is 14.3. The largest absolute Gasteiger partial charge is 0.352 e. The quantitative estimate of drug-likeness (QED) is 0.718. The fourth-order valence-electron chi connectivity index (χ4n) is 4.15. The second-order valence-corrected chi connectivity index (χ2v) is 9.36. The van der Waals surface area contributed by atoms with Gasteiger partial charge in [0.15, 0.2) is 0 Å². The van der Waals surface area contributed by atoms with E-state index in [0.717, 1.165) is 49.0 Å². The van der Waals surface area contributed by atoms with Crippen molar-refractivity contribution < 1.29 is 9.59 Å². The Morgan fingerprint density at radius 3 is 2.67 bits per heavy atom. The van der Waals surface area contributed by atoms with Crippen molar-refractivity contribution >= 4 is 17.8 Å². The van der Waals surface area contributed by atoms with Gasteiger partial charge < -0.3 is 10.6 Å². The molecule has 0 unspecified atom stereocenters. The van der Waals surface area contributed by atoms with Gasteiger partial charge >= 0.3 is 6.03 Å². The first kappa shape index (κ1) is 20.4. The van der Waals surface area contributed by atoms with E-state index in [-0.39, 0.29) is 23.4 Å². The number of hydrogen-bond donors (Lipinski definition) is 3. The second kappa shape index (κ2) is 8.13. The topological polar surface area (TPSA) is 88.0 Å². The molecular weight excluding hydrogens is 378 g/mol. The molecule has 2 heterocycles. The van der Waals surface area contributed by atoms with Crippen molar-refractivity contribution in [2.24, 2.45) is 0 Å². The number of amides is 3. The molecule has 0 spiro atoms. The Morgan fingerprint density at radius 2 is 1.93 bits per heavy atom. The molecule has 1 fully saturated rings. The van der Waals surface area contributed by atoms with Gasteiger partial charge in [0.2, 0.25) is 0 Å². The number of nitrogens with zero attached hydrogens (tertiary/aromatic N) is 2. The molecule has 0 saturated heterocycles.